The Bertz CT molecular complexity index is 595. The SMILES string of the molecule is COC(=O)c1cccc([N+](=O)[O-])c1CS(N)(=O)=O. The summed E-state index contributed by atoms with van der Waals surface area (Å²) in [6, 6.07) is 3.59. The Hall–Kier alpha value is -2.00. The molecule has 0 saturated carbocycles. The first-order valence-corrected chi connectivity index (χ1v) is 6.33. The summed E-state index contributed by atoms with van der Waals surface area (Å²) < 4.78 is 26.5. The van der Waals surface area contributed by atoms with E-state index < -0.39 is 32.4 Å². The van der Waals surface area contributed by atoms with Crippen molar-refractivity contribution >= 4 is 21.7 Å². The zero-order valence-electron chi connectivity index (χ0n) is 9.32. The van der Waals surface area contributed by atoms with Gasteiger partial charge in [-0.25, -0.2) is 18.4 Å². The molecule has 2 N–H and O–H groups in total. The van der Waals surface area contributed by atoms with Gasteiger partial charge in [-0.15, -0.1) is 0 Å². The van der Waals surface area contributed by atoms with Crippen LogP contribution in [-0.4, -0.2) is 26.4 Å². The minimum atomic E-state index is -4.01. The first-order valence-electron chi connectivity index (χ1n) is 4.61. The highest BCUT2D eigenvalue weighted by Gasteiger charge is 2.25. The van der Waals surface area contributed by atoms with Crippen LogP contribution >= 0.6 is 0 Å². The molecule has 0 aliphatic carbocycles. The van der Waals surface area contributed by atoms with Crippen LogP contribution in [0.15, 0.2) is 18.2 Å². The third-order valence-electron chi connectivity index (χ3n) is 2.10. The van der Waals surface area contributed by atoms with E-state index in [1.807, 2.05) is 0 Å². The number of nitro benzene ring substituents is 1. The van der Waals surface area contributed by atoms with Gasteiger partial charge in [0.15, 0.2) is 0 Å². The number of ether oxygens (including phenoxy) is 1. The molecule has 1 rings (SSSR count). The molecule has 0 aliphatic rings. The number of hydrogen-bond donors (Lipinski definition) is 1. The highest BCUT2D eigenvalue weighted by atomic mass is 32.2. The Morgan fingerprint density at radius 1 is 1.50 bits per heavy atom. The summed E-state index contributed by atoms with van der Waals surface area (Å²) in [6.07, 6.45) is 0. The van der Waals surface area contributed by atoms with E-state index in [1.165, 1.54) is 12.1 Å². The number of hydrogen-bond acceptors (Lipinski definition) is 6. The van der Waals surface area contributed by atoms with E-state index in [0.717, 1.165) is 13.2 Å². The number of carbonyl (C=O) groups excluding carboxylic acids is 1. The van der Waals surface area contributed by atoms with E-state index in [4.69, 9.17) is 5.14 Å². The molecule has 18 heavy (non-hydrogen) atoms. The predicted octanol–water partition coefficient (Wildman–Crippen LogP) is 0.170. The number of methoxy groups -OCH3 is 1. The van der Waals surface area contributed by atoms with Crippen molar-refractivity contribution < 1.29 is 22.9 Å². The monoisotopic (exact) mass is 274 g/mol. The van der Waals surface area contributed by atoms with Gasteiger partial charge in [-0.2, -0.15) is 0 Å². The predicted molar refractivity (Wildman–Crippen MR) is 61.2 cm³/mol. The summed E-state index contributed by atoms with van der Waals surface area (Å²) >= 11 is 0. The molecule has 9 heteroatoms. The average Bonchev–Trinajstić information content (AvgIpc) is 2.25. The van der Waals surface area contributed by atoms with Crippen LogP contribution in [0.2, 0.25) is 0 Å². The normalized spacial score (nSPS) is 11.0. The number of benzene rings is 1. The van der Waals surface area contributed by atoms with Crippen LogP contribution in [0.5, 0.6) is 0 Å². The molecule has 1 aromatic rings. The summed E-state index contributed by atoms with van der Waals surface area (Å²) in [5, 5.41) is 15.6. The summed E-state index contributed by atoms with van der Waals surface area (Å²) in [4.78, 5) is 21.4. The van der Waals surface area contributed by atoms with Gasteiger partial charge in [0, 0.05) is 6.07 Å². The second-order valence-corrected chi connectivity index (χ2v) is 4.97. The van der Waals surface area contributed by atoms with Gasteiger partial charge in [0.2, 0.25) is 10.0 Å². The molecule has 0 radical (unpaired) electrons. The maximum atomic E-state index is 11.4. The molecule has 0 fully saturated rings. The smallest absolute Gasteiger partial charge is 0.338 e. The highest BCUT2D eigenvalue weighted by Crippen LogP contribution is 2.24. The van der Waals surface area contributed by atoms with Crippen LogP contribution in [-0.2, 0) is 20.5 Å². The first kappa shape index (κ1) is 14.1. The summed E-state index contributed by atoms with van der Waals surface area (Å²) in [5.41, 5.74) is -0.968. The van der Waals surface area contributed by atoms with Crippen molar-refractivity contribution in [2.45, 2.75) is 5.75 Å². The molecular weight excluding hydrogens is 264 g/mol. The third kappa shape index (κ3) is 3.25. The van der Waals surface area contributed by atoms with Gasteiger partial charge < -0.3 is 4.74 Å². The van der Waals surface area contributed by atoms with Gasteiger partial charge in [0.25, 0.3) is 5.69 Å². The van der Waals surface area contributed by atoms with Crippen LogP contribution in [0, 0.1) is 10.1 Å². The van der Waals surface area contributed by atoms with Gasteiger partial charge >= 0.3 is 5.97 Å². The van der Waals surface area contributed by atoms with Crippen LogP contribution in [0.3, 0.4) is 0 Å². The van der Waals surface area contributed by atoms with Gasteiger partial charge in [-0.3, -0.25) is 10.1 Å². The maximum absolute atomic E-state index is 11.4. The minimum absolute atomic E-state index is 0.194. The minimum Gasteiger partial charge on any atom is -0.465 e. The molecule has 98 valence electrons. The first-order chi connectivity index (χ1) is 8.26. The molecule has 0 saturated heterocycles. The van der Waals surface area contributed by atoms with Gasteiger partial charge in [-0.05, 0) is 6.07 Å². The zero-order valence-corrected chi connectivity index (χ0v) is 10.1. The van der Waals surface area contributed by atoms with E-state index in [0.29, 0.717) is 0 Å². The highest BCUT2D eigenvalue weighted by molar-refractivity contribution is 7.88. The number of nitrogens with zero attached hydrogens (tertiary/aromatic N) is 1. The van der Waals surface area contributed by atoms with Crippen LogP contribution in [0.4, 0.5) is 5.69 Å². The number of nitro groups is 1. The van der Waals surface area contributed by atoms with Crippen molar-refractivity contribution in [3.05, 3.63) is 39.4 Å². The fourth-order valence-corrected chi connectivity index (χ4v) is 2.11. The standard InChI is InChI=1S/C9H10N2O6S/c1-17-9(12)6-3-2-4-8(11(13)14)7(6)5-18(10,15)16/h2-4H,5H2,1H3,(H2,10,15,16). The molecular formula is C9H10N2O6S. The third-order valence-corrected chi connectivity index (χ3v) is 2.79. The Labute approximate surface area is 103 Å². The second kappa shape index (κ2) is 5.10. The van der Waals surface area contributed by atoms with Crippen LogP contribution < -0.4 is 5.14 Å². The lowest BCUT2D eigenvalue weighted by atomic mass is 10.1. The Morgan fingerprint density at radius 2 is 2.11 bits per heavy atom. The molecule has 0 spiro atoms. The maximum Gasteiger partial charge on any atom is 0.338 e. The van der Waals surface area contributed by atoms with Crippen molar-refractivity contribution in [1.82, 2.24) is 0 Å². The summed E-state index contributed by atoms with van der Waals surface area (Å²) in [5.74, 6) is -1.67. The number of nitrogens with two attached hydrogens (primary N) is 1. The number of rotatable bonds is 4. The molecule has 0 aliphatic heterocycles. The number of esters is 1. The Morgan fingerprint density at radius 3 is 2.56 bits per heavy atom. The molecule has 0 atom stereocenters. The molecule has 0 aromatic heterocycles. The topological polar surface area (TPSA) is 130 Å². The molecule has 1 aromatic carbocycles. The van der Waals surface area contributed by atoms with Crippen molar-refractivity contribution in [1.29, 1.82) is 0 Å². The van der Waals surface area contributed by atoms with E-state index in [9.17, 15) is 23.3 Å². The Balaban J connectivity index is 3.48. The van der Waals surface area contributed by atoms with Crippen LogP contribution in [0.25, 0.3) is 0 Å². The lowest BCUT2D eigenvalue weighted by Gasteiger charge is -2.07. The van der Waals surface area contributed by atoms with Gasteiger partial charge in [0.05, 0.1) is 28.9 Å². The number of primary sulfonamides is 1. The molecule has 0 heterocycles. The molecule has 0 amide bonds. The lowest BCUT2D eigenvalue weighted by molar-refractivity contribution is -0.385. The van der Waals surface area contributed by atoms with E-state index in [1.54, 1.807) is 0 Å². The van der Waals surface area contributed by atoms with E-state index in [2.05, 4.69) is 4.74 Å². The van der Waals surface area contributed by atoms with Crippen molar-refractivity contribution in [2.75, 3.05) is 7.11 Å². The molecule has 8 nitrogen and oxygen atoms in total. The quantitative estimate of drug-likeness (QED) is 0.473. The largest absolute Gasteiger partial charge is 0.465 e. The van der Waals surface area contributed by atoms with Gasteiger partial charge in [0.1, 0.15) is 0 Å². The lowest BCUT2D eigenvalue weighted by Crippen LogP contribution is -2.18. The summed E-state index contributed by atoms with van der Waals surface area (Å²) in [6.45, 7) is 0. The van der Waals surface area contributed by atoms with Gasteiger partial charge in [-0.1, -0.05) is 6.07 Å². The fraction of sp³-hybridized carbons (Fsp3) is 0.222. The van der Waals surface area contributed by atoms with E-state index in [-0.39, 0.29) is 11.1 Å². The fourth-order valence-electron chi connectivity index (χ4n) is 1.40. The van der Waals surface area contributed by atoms with Crippen molar-refractivity contribution in [3.63, 3.8) is 0 Å². The zero-order chi connectivity index (χ0) is 13.9. The van der Waals surface area contributed by atoms with Crippen molar-refractivity contribution in [2.24, 2.45) is 5.14 Å². The summed E-state index contributed by atoms with van der Waals surface area (Å²) in [7, 11) is -2.92. The van der Waals surface area contributed by atoms with Crippen LogP contribution in [0.1, 0.15) is 15.9 Å². The molecule has 0 bridgehead atoms. The average molecular weight is 274 g/mol. The number of carbonyl (C=O) groups is 1. The van der Waals surface area contributed by atoms with Crippen molar-refractivity contribution in [3.8, 4) is 0 Å². The molecule has 0 unspecified atom stereocenters. The number of sulfonamides is 1. The van der Waals surface area contributed by atoms with E-state index >= 15 is 0 Å². The Kier molecular flexibility index (Phi) is 3.99. The second-order valence-electron chi connectivity index (χ2n) is 3.36.